The topological polar surface area (TPSA) is 110 Å². The SMILES string of the molecule is N#Cc1ccc(-c2ccccc2SC2=C(C(=O)O)N3C(=O)[C@@H](NC(=O)Cc4ccccc4)[C@@H]3SC2)cc1. The molecule has 3 aromatic carbocycles. The summed E-state index contributed by atoms with van der Waals surface area (Å²) in [5, 5.41) is 21.4. The minimum absolute atomic E-state index is 0.0399. The van der Waals surface area contributed by atoms with Crippen molar-refractivity contribution in [2.45, 2.75) is 22.7 Å². The van der Waals surface area contributed by atoms with Crippen LogP contribution in [0.15, 0.2) is 94.4 Å². The van der Waals surface area contributed by atoms with Gasteiger partial charge in [0.25, 0.3) is 5.91 Å². The largest absolute Gasteiger partial charge is 0.477 e. The molecule has 0 unspecified atom stereocenters. The number of fused-ring (bicyclic) bond motifs is 1. The monoisotopic (exact) mass is 527 g/mol. The second kappa shape index (κ2) is 10.5. The average molecular weight is 528 g/mol. The van der Waals surface area contributed by atoms with Crippen LogP contribution < -0.4 is 5.32 Å². The average Bonchev–Trinajstić information content (AvgIpc) is 2.92. The summed E-state index contributed by atoms with van der Waals surface area (Å²) in [7, 11) is 0. The molecule has 2 amide bonds. The molecule has 0 saturated carbocycles. The van der Waals surface area contributed by atoms with Gasteiger partial charge in [0.15, 0.2) is 0 Å². The number of rotatable bonds is 7. The molecule has 0 aliphatic carbocycles. The van der Waals surface area contributed by atoms with Gasteiger partial charge in [0.1, 0.15) is 17.1 Å². The van der Waals surface area contributed by atoms with Gasteiger partial charge < -0.3 is 10.4 Å². The summed E-state index contributed by atoms with van der Waals surface area (Å²) in [4.78, 5) is 40.5. The van der Waals surface area contributed by atoms with Gasteiger partial charge in [-0.05, 0) is 34.9 Å². The molecule has 2 aliphatic rings. The van der Waals surface area contributed by atoms with Crippen LogP contribution in [0.1, 0.15) is 11.1 Å². The van der Waals surface area contributed by atoms with Crippen molar-refractivity contribution in [1.82, 2.24) is 10.2 Å². The molecule has 0 spiro atoms. The molecule has 1 fully saturated rings. The Morgan fingerprint density at radius 2 is 1.76 bits per heavy atom. The number of nitrogens with zero attached hydrogens (tertiary/aromatic N) is 2. The van der Waals surface area contributed by atoms with Crippen molar-refractivity contribution in [3.05, 3.63) is 101 Å². The molecule has 3 aromatic rings. The van der Waals surface area contributed by atoms with Gasteiger partial charge in [-0.1, -0.05) is 72.4 Å². The Kier molecular flexibility index (Phi) is 7.04. The molecule has 2 N–H and O–H groups in total. The second-order valence-corrected chi connectivity index (χ2v) is 10.7. The maximum atomic E-state index is 13.0. The van der Waals surface area contributed by atoms with E-state index in [9.17, 15) is 19.5 Å². The number of amides is 2. The van der Waals surface area contributed by atoms with Gasteiger partial charge in [0.2, 0.25) is 5.91 Å². The van der Waals surface area contributed by atoms with Crippen LogP contribution in [-0.2, 0) is 20.8 Å². The number of nitrogens with one attached hydrogen (secondary N) is 1. The molecule has 184 valence electrons. The molecule has 9 heteroatoms. The standard InChI is InChI=1S/C28H21N3O4S2/c29-15-18-10-12-19(13-11-18)20-8-4-5-9-21(20)37-22-16-36-27-24(26(33)31(27)25(22)28(34)35)30-23(32)14-17-6-2-1-3-7-17/h1-13,24,27H,14,16H2,(H,30,32)(H,34,35)/t24-,27+/m1/s1. The Hall–Kier alpha value is -4.00. The molecule has 0 aromatic heterocycles. The van der Waals surface area contributed by atoms with E-state index in [1.54, 1.807) is 12.1 Å². The maximum Gasteiger partial charge on any atom is 0.353 e. The number of carbonyl (C=O) groups is 3. The van der Waals surface area contributed by atoms with E-state index in [1.807, 2.05) is 66.7 Å². The first-order valence-corrected chi connectivity index (χ1v) is 13.3. The fraction of sp³-hybridized carbons (Fsp3) is 0.143. The Morgan fingerprint density at radius 1 is 1.05 bits per heavy atom. The number of carbonyl (C=O) groups excluding carboxylic acids is 2. The molecular formula is C28H21N3O4S2. The molecular weight excluding hydrogens is 506 g/mol. The fourth-order valence-electron chi connectivity index (χ4n) is 4.33. The van der Waals surface area contributed by atoms with E-state index in [1.165, 1.54) is 28.4 Å². The van der Waals surface area contributed by atoms with Gasteiger partial charge in [-0.2, -0.15) is 5.26 Å². The third-order valence-corrected chi connectivity index (χ3v) is 8.73. The number of carboxylic acid groups (broad SMARTS) is 1. The molecule has 2 aliphatic heterocycles. The van der Waals surface area contributed by atoms with Crippen LogP contribution in [0.3, 0.4) is 0 Å². The molecule has 0 bridgehead atoms. The van der Waals surface area contributed by atoms with Crippen LogP contribution in [0.2, 0.25) is 0 Å². The first-order valence-electron chi connectivity index (χ1n) is 11.5. The Bertz CT molecular complexity index is 1450. The van der Waals surface area contributed by atoms with Crippen molar-refractivity contribution in [3.63, 3.8) is 0 Å². The number of aliphatic carboxylic acids is 1. The van der Waals surface area contributed by atoms with E-state index < -0.39 is 23.3 Å². The van der Waals surface area contributed by atoms with Gasteiger partial charge >= 0.3 is 5.97 Å². The molecule has 2 atom stereocenters. The zero-order valence-electron chi connectivity index (χ0n) is 19.5. The Balaban J connectivity index is 1.36. The lowest BCUT2D eigenvalue weighted by Crippen LogP contribution is -2.70. The van der Waals surface area contributed by atoms with E-state index in [-0.39, 0.29) is 18.0 Å². The van der Waals surface area contributed by atoms with E-state index in [4.69, 9.17) is 5.26 Å². The summed E-state index contributed by atoms with van der Waals surface area (Å²) in [5.41, 5.74) is 3.17. The lowest BCUT2D eigenvalue weighted by atomic mass is 10.0. The van der Waals surface area contributed by atoms with E-state index in [2.05, 4.69) is 11.4 Å². The summed E-state index contributed by atoms with van der Waals surface area (Å²) in [5.74, 6) is -1.48. The number of hydrogen-bond acceptors (Lipinski definition) is 6. The number of benzene rings is 3. The normalized spacial score (nSPS) is 18.5. The van der Waals surface area contributed by atoms with Crippen molar-refractivity contribution < 1.29 is 19.5 Å². The zero-order chi connectivity index (χ0) is 25.9. The lowest BCUT2D eigenvalue weighted by Gasteiger charge is -2.49. The number of β-lactam (4-membered cyclic amide) rings is 1. The minimum Gasteiger partial charge on any atom is -0.477 e. The summed E-state index contributed by atoms with van der Waals surface area (Å²) in [6.07, 6.45) is 0.150. The van der Waals surface area contributed by atoms with E-state index in [0.717, 1.165) is 21.6 Å². The Labute approximate surface area is 222 Å². The molecule has 37 heavy (non-hydrogen) atoms. The number of nitriles is 1. The van der Waals surface area contributed by atoms with Crippen LogP contribution in [0.5, 0.6) is 0 Å². The van der Waals surface area contributed by atoms with Crippen molar-refractivity contribution in [2.24, 2.45) is 0 Å². The van der Waals surface area contributed by atoms with Gasteiger partial charge in [-0.15, -0.1) is 11.8 Å². The zero-order valence-corrected chi connectivity index (χ0v) is 21.1. The highest BCUT2D eigenvalue weighted by atomic mass is 32.2. The maximum absolute atomic E-state index is 13.0. The summed E-state index contributed by atoms with van der Waals surface area (Å²) < 4.78 is 0. The van der Waals surface area contributed by atoms with Gasteiger partial charge in [0, 0.05) is 15.6 Å². The summed E-state index contributed by atoms with van der Waals surface area (Å²) in [6, 6.07) is 25.4. The van der Waals surface area contributed by atoms with Gasteiger partial charge in [-0.25, -0.2) is 4.79 Å². The van der Waals surface area contributed by atoms with Crippen molar-refractivity contribution >= 4 is 41.3 Å². The lowest BCUT2D eigenvalue weighted by molar-refractivity contribution is -0.150. The molecule has 5 rings (SSSR count). The molecule has 1 saturated heterocycles. The summed E-state index contributed by atoms with van der Waals surface area (Å²) >= 11 is 2.76. The molecule has 0 radical (unpaired) electrons. The third-order valence-electron chi connectivity index (χ3n) is 6.11. The van der Waals surface area contributed by atoms with Crippen LogP contribution >= 0.6 is 23.5 Å². The minimum atomic E-state index is -1.17. The van der Waals surface area contributed by atoms with Crippen molar-refractivity contribution in [2.75, 3.05) is 5.75 Å². The highest BCUT2D eigenvalue weighted by Crippen LogP contribution is 2.46. The van der Waals surface area contributed by atoms with Crippen molar-refractivity contribution in [3.8, 4) is 17.2 Å². The molecule has 7 nitrogen and oxygen atoms in total. The van der Waals surface area contributed by atoms with Gasteiger partial charge in [-0.3, -0.25) is 14.5 Å². The van der Waals surface area contributed by atoms with Crippen molar-refractivity contribution in [1.29, 1.82) is 5.26 Å². The van der Waals surface area contributed by atoms with Crippen LogP contribution in [0, 0.1) is 11.3 Å². The summed E-state index contributed by atoms with van der Waals surface area (Å²) in [6.45, 7) is 0. The predicted octanol–water partition coefficient (Wildman–Crippen LogP) is 4.26. The number of carboxylic acids is 1. The quantitative estimate of drug-likeness (QED) is 0.442. The van der Waals surface area contributed by atoms with E-state index >= 15 is 0 Å². The first kappa shape index (κ1) is 24.7. The van der Waals surface area contributed by atoms with E-state index in [0.29, 0.717) is 16.2 Å². The predicted molar refractivity (Wildman–Crippen MR) is 142 cm³/mol. The van der Waals surface area contributed by atoms with Crippen LogP contribution in [0.25, 0.3) is 11.1 Å². The second-order valence-electron chi connectivity index (χ2n) is 8.48. The molecule has 2 heterocycles. The highest BCUT2D eigenvalue weighted by Gasteiger charge is 2.54. The third kappa shape index (κ3) is 4.99. The van der Waals surface area contributed by atoms with Crippen LogP contribution in [-0.4, -0.2) is 45.0 Å². The Morgan fingerprint density at radius 3 is 2.46 bits per heavy atom. The van der Waals surface area contributed by atoms with Crippen LogP contribution in [0.4, 0.5) is 0 Å². The van der Waals surface area contributed by atoms with Gasteiger partial charge in [0.05, 0.1) is 18.1 Å². The first-order chi connectivity index (χ1) is 18.0. The highest BCUT2D eigenvalue weighted by molar-refractivity contribution is 8.06. The number of thioether (sulfide) groups is 2. The number of hydrogen-bond donors (Lipinski definition) is 2. The fourth-order valence-corrected chi connectivity index (χ4v) is 6.95. The smallest absolute Gasteiger partial charge is 0.353 e.